The lowest BCUT2D eigenvalue weighted by atomic mass is 9.86. The molecule has 16 heavy (non-hydrogen) atoms. The molecule has 3 N–H and O–H groups in total. The topological polar surface area (TPSA) is 74.4 Å². The van der Waals surface area contributed by atoms with Gasteiger partial charge in [-0.2, -0.15) is 0 Å². The van der Waals surface area contributed by atoms with Crippen molar-refractivity contribution >= 4 is 5.97 Å². The molecule has 1 aromatic rings. The molecule has 0 spiro atoms. The molecule has 0 aromatic carbocycles. The van der Waals surface area contributed by atoms with Crippen LogP contribution in [-0.4, -0.2) is 42.4 Å². The zero-order valence-corrected chi connectivity index (χ0v) is 9.03. The van der Waals surface area contributed by atoms with Gasteiger partial charge in [0, 0.05) is 25.0 Å². The van der Waals surface area contributed by atoms with Gasteiger partial charge in [0.25, 0.3) is 0 Å². The molecule has 5 heteroatoms. The minimum absolute atomic E-state index is 0.317. The number of hydrogen-bond acceptors (Lipinski definition) is 3. The fourth-order valence-corrected chi connectivity index (χ4v) is 1.72. The van der Waals surface area contributed by atoms with Crippen LogP contribution in [0.4, 0.5) is 0 Å². The van der Waals surface area contributed by atoms with E-state index in [4.69, 9.17) is 9.84 Å². The third-order valence-corrected chi connectivity index (χ3v) is 2.91. The average molecular weight is 224 g/mol. The maximum absolute atomic E-state index is 11.0. The lowest BCUT2D eigenvalue weighted by Gasteiger charge is -2.37. The van der Waals surface area contributed by atoms with Crippen molar-refractivity contribution in [3.8, 4) is 0 Å². The van der Waals surface area contributed by atoms with Gasteiger partial charge in [0.15, 0.2) is 0 Å². The van der Waals surface area contributed by atoms with Crippen LogP contribution in [0.3, 0.4) is 0 Å². The average Bonchev–Trinajstić information content (AvgIpc) is 2.67. The Labute approximate surface area is 93.8 Å². The second-order valence-corrected chi connectivity index (χ2v) is 4.20. The van der Waals surface area contributed by atoms with Crippen molar-refractivity contribution < 1.29 is 14.6 Å². The molecule has 1 aliphatic heterocycles. The summed E-state index contributed by atoms with van der Waals surface area (Å²) in [5.74, 6) is -0.772. The van der Waals surface area contributed by atoms with Crippen LogP contribution >= 0.6 is 0 Å². The maximum Gasteiger partial charge on any atom is 0.315 e. The van der Waals surface area contributed by atoms with Crippen LogP contribution in [0.15, 0.2) is 18.3 Å². The molecule has 0 unspecified atom stereocenters. The Hall–Kier alpha value is -1.33. The van der Waals surface area contributed by atoms with Gasteiger partial charge in [-0.05, 0) is 18.6 Å². The van der Waals surface area contributed by atoms with Gasteiger partial charge in [0.1, 0.15) is 5.41 Å². The number of H-pyrrole nitrogens is 1. The highest BCUT2D eigenvalue weighted by Crippen LogP contribution is 2.26. The van der Waals surface area contributed by atoms with Crippen molar-refractivity contribution in [1.29, 1.82) is 0 Å². The van der Waals surface area contributed by atoms with E-state index >= 15 is 0 Å². The first-order valence-electron chi connectivity index (χ1n) is 5.37. The van der Waals surface area contributed by atoms with Crippen LogP contribution in [0.2, 0.25) is 0 Å². The van der Waals surface area contributed by atoms with Gasteiger partial charge in [-0.25, -0.2) is 0 Å². The van der Waals surface area contributed by atoms with E-state index in [0.717, 1.165) is 18.7 Å². The largest absolute Gasteiger partial charge is 0.481 e. The number of carboxylic acid groups (broad SMARTS) is 1. The molecule has 0 amide bonds. The van der Waals surface area contributed by atoms with Gasteiger partial charge >= 0.3 is 5.97 Å². The molecule has 0 bridgehead atoms. The molecule has 2 rings (SSSR count). The van der Waals surface area contributed by atoms with Crippen molar-refractivity contribution in [3.63, 3.8) is 0 Å². The number of aliphatic carboxylic acids is 1. The smallest absolute Gasteiger partial charge is 0.315 e. The van der Waals surface area contributed by atoms with E-state index in [0.29, 0.717) is 19.8 Å². The SMILES string of the molecule is O=C(O)C1(CNCCc2ccc[nH]2)COC1. The van der Waals surface area contributed by atoms with Gasteiger partial charge in [-0.1, -0.05) is 0 Å². The monoisotopic (exact) mass is 224 g/mol. The van der Waals surface area contributed by atoms with Crippen molar-refractivity contribution in [2.24, 2.45) is 5.41 Å². The van der Waals surface area contributed by atoms with Crippen LogP contribution < -0.4 is 5.32 Å². The van der Waals surface area contributed by atoms with Crippen molar-refractivity contribution in [2.45, 2.75) is 6.42 Å². The number of hydrogen-bond donors (Lipinski definition) is 3. The van der Waals surface area contributed by atoms with Gasteiger partial charge in [0.2, 0.25) is 0 Å². The number of nitrogens with one attached hydrogen (secondary N) is 2. The normalized spacial score (nSPS) is 18.0. The van der Waals surface area contributed by atoms with E-state index in [2.05, 4.69) is 10.3 Å². The van der Waals surface area contributed by atoms with Gasteiger partial charge in [-0.3, -0.25) is 4.79 Å². The van der Waals surface area contributed by atoms with Crippen LogP contribution in [0.25, 0.3) is 0 Å². The molecule has 5 nitrogen and oxygen atoms in total. The third-order valence-electron chi connectivity index (χ3n) is 2.91. The predicted molar refractivity (Wildman–Crippen MR) is 58.3 cm³/mol. The molecule has 0 atom stereocenters. The fourth-order valence-electron chi connectivity index (χ4n) is 1.72. The number of aromatic nitrogens is 1. The Morgan fingerprint density at radius 3 is 2.94 bits per heavy atom. The minimum atomic E-state index is -0.772. The first kappa shape index (κ1) is 11.2. The number of rotatable bonds is 6. The highest BCUT2D eigenvalue weighted by molar-refractivity contribution is 5.76. The maximum atomic E-state index is 11.0. The number of aromatic amines is 1. The zero-order chi connectivity index (χ0) is 11.4. The summed E-state index contributed by atoms with van der Waals surface area (Å²) in [6.45, 7) is 1.88. The molecular formula is C11H16N2O3. The fraction of sp³-hybridized carbons (Fsp3) is 0.545. The van der Waals surface area contributed by atoms with Crippen LogP contribution in [0.1, 0.15) is 5.69 Å². The summed E-state index contributed by atoms with van der Waals surface area (Å²) in [6, 6.07) is 3.97. The van der Waals surface area contributed by atoms with E-state index in [1.165, 1.54) is 0 Å². The van der Waals surface area contributed by atoms with E-state index in [1.54, 1.807) is 0 Å². The Morgan fingerprint density at radius 1 is 1.62 bits per heavy atom. The zero-order valence-electron chi connectivity index (χ0n) is 9.03. The van der Waals surface area contributed by atoms with Crippen LogP contribution in [0.5, 0.6) is 0 Å². The Morgan fingerprint density at radius 2 is 2.44 bits per heavy atom. The van der Waals surface area contributed by atoms with Gasteiger partial charge in [-0.15, -0.1) is 0 Å². The molecule has 1 saturated heterocycles. The summed E-state index contributed by atoms with van der Waals surface area (Å²) in [5, 5.41) is 12.2. The highest BCUT2D eigenvalue weighted by atomic mass is 16.5. The van der Waals surface area contributed by atoms with E-state index in [1.807, 2.05) is 18.3 Å². The first-order valence-corrected chi connectivity index (χ1v) is 5.37. The highest BCUT2D eigenvalue weighted by Gasteiger charge is 2.45. The Kier molecular flexibility index (Phi) is 3.26. The van der Waals surface area contributed by atoms with E-state index in [9.17, 15) is 4.79 Å². The number of ether oxygens (including phenoxy) is 1. The van der Waals surface area contributed by atoms with Crippen molar-refractivity contribution in [3.05, 3.63) is 24.0 Å². The lowest BCUT2D eigenvalue weighted by Crippen LogP contribution is -2.55. The minimum Gasteiger partial charge on any atom is -0.481 e. The number of carbonyl (C=O) groups is 1. The van der Waals surface area contributed by atoms with Crippen LogP contribution in [-0.2, 0) is 16.0 Å². The van der Waals surface area contributed by atoms with Crippen molar-refractivity contribution in [2.75, 3.05) is 26.3 Å². The first-order chi connectivity index (χ1) is 7.73. The Bertz CT molecular complexity index is 344. The third kappa shape index (κ3) is 2.25. The molecule has 1 aromatic heterocycles. The van der Waals surface area contributed by atoms with E-state index in [-0.39, 0.29) is 0 Å². The quantitative estimate of drug-likeness (QED) is 0.605. The summed E-state index contributed by atoms with van der Waals surface area (Å²) >= 11 is 0. The van der Waals surface area contributed by atoms with Gasteiger partial charge in [0.05, 0.1) is 13.2 Å². The molecule has 0 saturated carbocycles. The second kappa shape index (κ2) is 4.67. The molecule has 88 valence electrons. The summed E-state index contributed by atoms with van der Waals surface area (Å²) in [5.41, 5.74) is 0.456. The number of carboxylic acids is 1. The summed E-state index contributed by atoms with van der Waals surface area (Å²) in [6.07, 6.45) is 2.76. The molecule has 0 radical (unpaired) electrons. The molecular weight excluding hydrogens is 208 g/mol. The second-order valence-electron chi connectivity index (χ2n) is 4.20. The van der Waals surface area contributed by atoms with E-state index < -0.39 is 11.4 Å². The molecule has 1 fully saturated rings. The summed E-state index contributed by atoms with van der Waals surface area (Å²) in [4.78, 5) is 14.1. The molecule has 2 heterocycles. The summed E-state index contributed by atoms with van der Waals surface area (Å²) < 4.78 is 4.98. The van der Waals surface area contributed by atoms with Crippen molar-refractivity contribution in [1.82, 2.24) is 10.3 Å². The van der Waals surface area contributed by atoms with Gasteiger partial charge < -0.3 is 20.1 Å². The Balaban J connectivity index is 1.69. The molecule has 1 aliphatic rings. The molecule has 0 aliphatic carbocycles. The predicted octanol–water partition coefficient (Wildman–Crippen LogP) is 0.248. The van der Waals surface area contributed by atoms with Crippen LogP contribution in [0, 0.1) is 5.41 Å². The summed E-state index contributed by atoms with van der Waals surface area (Å²) in [7, 11) is 0. The standard InChI is InChI=1S/C11H16N2O3/c14-10(15)11(7-16-8-11)6-12-5-3-9-2-1-4-13-9/h1-2,4,12-13H,3,5-8H2,(H,14,15). The lowest BCUT2D eigenvalue weighted by molar-refractivity contribution is -0.178.